The Bertz CT molecular complexity index is 305. The highest BCUT2D eigenvalue weighted by molar-refractivity contribution is 5.75. The van der Waals surface area contributed by atoms with Gasteiger partial charge in [-0.15, -0.1) is 0 Å². The van der Waals surface area contributed by atoms with E-state index in [0.717, 1.165) is 19.3 Å². The lowest BCUT2D eigenvalue weighted by Crippen LogP contribution is -2.41. The number of amides is 2. The lowest BCUT2D eigenvalue weighted by molar-refractivity contribution is -0.141. The molecule has 5 nitrogen and oxygen atoms in total. The van der Waals surface area contributed by atoms with Crippen LogP contribution in [0.25, 0.3) is 0 Å². The summed E-state index contributed by atoms with van der Waals surface area (Å²) < 4.78 is 0. The first kappa shape index (κ1) is 15.8. The Labute approximate surface area is 115 Å². The third-order valence-electron chi connectivity index (χ3n) is 3.61. The second-order valence-electron chi connectivity index (χ2n) is 5.84. The van der Waals surface area contributed by atoms with E-state index in [1.54, 1.807) is 0 Å². The minimum Gasteiger partial charge on any atom is -0.481 e. The largest absolute Gasteiger partial charge is 0.481 e. The molecular weight excluding hydrogens is 244 g/mol. The molecule has 1 saturated carbocycles. The zero-order valence-corrected chi connectivity index (χ0v) is 11.9. The maximum absolute atomic E-state index is 11.6. The van der Waals surface area contributed by atoms with Crippen molar-refractivity contribution in [2.75, 3.05) is 6.54 Å². The van der Waals surface area contributed by atoms with E-state index >= 15 is 0 Å². The predicted octanol–water partition coefficient (Wildman–Crippen LogP) is 2.37. The van der Waals surface area contributed by atoms with Crippen LogP contribution in [0.5, 0.6) is 0 Å². The van der Waals surface area contributed by atoms with Crippen molar-refractivity contribution < 1.29 is 14.7 Å². The van der Waals surface area contributed by atoms with E-state index in [0.29, 0.717) is 25.3 Å². The molecular formula is C14H26N2O3. The number of nitrogens with one attached hydrogen (secondary N) is 2. The normalized spacial score (nSPS) is 22.5. The van der Waals surface area contributed by atoms with Crippen molar-refractivity contribution in [3.63, 3.8) is 0 Å². The van der Waals surface area contributed by atoms with Crippen LogP contribution < -0.4 is 10.6 Å². The zero-order chi connectivity index (χ0) is 14.3. The van der Waals surface area contributed by atoms with Gasteiger partial charge in [-0.25, -0.2) is 4.79 Å². The summed E-state index contributed by atoms with van der Waals surface area (Å²) in [4.78, 5) is 22.4. The maximum atomic E-state index is 11.6. The molecule has 19 heavy (non-hydrogen) atoms. The van der Waals surface area contributed by atoms with Crippen molar-refractivity contribution in [2.24, 2.45) is 11.8 Å². The van der Waals surface area contributed by atoms with Crippen LogP contribution in [0, 0.1) is 11.8 Å². The number of carboxylic acid groups (broad SMARTS) is 1. The van der Waals surface area contributed by atoms with Crippen LogP contribution in [0.3, 0.4) is 0 Å². The van der Waals surface area contributed by atoms with Gasteiger partial charge in [-0.1, -0.05) is 26.7 Å². The van der Waals surface area contributed by atoms with E-state index in [1.165, 1.54) is 6.42 Å². The number of carbonyl (C=O) groups excluding carboxylic acids is 1. The minimum atomic E-state index is -0.751. The van der Waals surface area contributed by atoms with Gasteiger partial charge in [-0.05, 0) is 31.6 Å². The molecule has 0 aliphatic heterocycles. The summed E-state index contributed by atoms with van der Waals surface area (Å²) in [6, 6.07) is -0.155. The van der Waals surface area contributed by atoms with Crippen LogP contribution in [0.2, 0.25) is 0 Å². The van der Waals surface area contributed by atoms with Gasteiger partial charge in [0.05, 0.1) is 5.92 Å². The molecule has 0 aromatic rings. The standard InChI is InChI=1S/C14H26N2O3/c1-10(2)5-3-4-8-15-14(19)16-12-7-6-11(9-12)13(17)18/h10-12H,3-9H2,1-2H3,(H,17,18)(H2,15,16,19). The number of urea groups is 1. The molecule has 1 fully saturated rings. The molecule has 110 valence electrons. The lowest BCUT2D eigenvalue weighted by atomic mass is 10.1. The lowest BCUT2D eigenvalue weighted by Gasteiger charge is -2.13. The predicted molar refractivity (Wildman–Crippen MR) is 74.0 cm³/mol. The van der Waals surface area contributed by atoms with Crippen molar-refractivity contribution in [1.29, 1.82) is 0 Å². The van der Waals surface area contributed by atoms with Crippen molar-refractivity contribution in [1.82, 2.24) is 10.6 Å². The number of carboxylic acids is 1. The molecule has 2 atom stereocenters. The van der Waals surface area contributed by atoms with Crippen LogP contribution >= 0.6 is 0 Å². The zero-order valence-electron chi connectivity index (χ0n) is 11.9. The average molecular weight is 270 g/mol. The molecule has 0 saturated heterocycles. The number of unbranched alkanes of at least 4 members (excludes halogenated alkanes) is 1. The highest BCUT2D eigenvalue weighted by atomic mass is 16.4. The Balaban J connectivity index is 2.07. The molecule has 0 radical (unpaired) electrons. The van der Waals surface area contributed by atoms with Crippen LogP contribution in [0.15, 0.2) is 0 Å². The van der Waals surface area contributed by atoms with Gasteiger partial charge in [0.25, 0.3) is 0 Å². The van der Waals surface area contributed by atoms with E-state index in [2.05, 4.69) is 24.5 Å². The van der Waals surface area contributed by atoms with Crippen LogP contribution in [-0.4, -0.2) is 29.7 Å². The van der Waals surface area contributed by atoms with E-state index < -0.39 is 5.97 Å². The first-order valence-corrected chi connectivity index (χ1v) is 7.26. The van der Waals surface area contributed by atoms with Gasteiger partial charge in [-0.3, -0.25) is 4.79 Å². The molecule has 3 N–H and O–H groups in total. The molecule has 0 aromatic carbocycles. The molecule has 2 unspecified atom stereocenters. The first-order valence-electron chi connectivity index (χ1n) is 7.26. The molecule has 0 bridgehead atoms. The van der Waals surface area contributed by atoms with Gasteiger partial charge >= 0.3 is 12.0 Å². The Morgan fingerprint density at radius 1 is 1.26 bits per heavy atom. The SMILES string of the molecule is CC(C)CCCCNC(=O)NC1CCC(C(=O)O)C1. The molecule has 0 spiro atoms. The highest BCUT2D eigenvalue weighted by Gasteiger charge is 2.30. The summed E-state index contributed by atoms with van der Waals surface area (Å²) in [7, 11) is 0. The Morgan fingerprint density at radius 2 is 2.00 bits per heavy atom. The van der Waals surface area contributed by atoms with Crippen molar-refractivity contribution in [2.45, 2.75) is 58.4 Å². The second kappa shape index (κ2) is 8.02. The summed E-state index contributed by atoms with van der Waals surface area (Å²) in [5.74, 6) is -0.338. The number of hydrogen-bond donors (Lipinski definition) is 3. The Morgan fingerprint density at radius 3 is 2.58 bits per heavy atom. The topological polar surface area (TPSA) is 78.4 Å². The van der Waals surface area contributed by atoms with Gasteiger partial charge < -0.3 is 15.7 Å². The van der Waals surface area contributed by atoms with E-state index in [1.807, 2.05) is 0 Å². The van der Waals surface area contributed by atoms with E-state index in [9.17, 15) is 9.59 Å². The van der Waals surface area contributed by atoms with Crippen molar-refractivity contribution >= 4 is 12.0 Å². The second-order valence-corrected chi connectivity index (χ2v) is 5.84. The van der Waals surface area contributed by atoms with Crippen LogP contribution in [0.4, 0.5) is 4.79 Å². The molecule has 0 aromatic heterocycles. The molecule has 1 rings (SSSR count). The third-order valence-corrected chi connectivity index (χ3v) is 3.61. The monoisotopic (exact) mass is 270 g/mol. The number of aliphatic carboxylic acids is 1. The number of hydrogen-bond acceptors (Lipinski definition) is 2. The summed E-state index contributed by atoms with van der Waals surface area (Å²) in [6.07, 6.45) is 5.28. The van der Waals surface area contributed by atoms with E-state index in [-0.39, 0.29) is 18.0 Å². The fourth-order valence-electron chi connectivity index (χ4n) is 2.45. The molecule has 5 heteroatoms. The highest BCUT2D eigenvalue weighted by Crippen LogP contribution is 2.25. The average Bonchev–Trinajstić information content (AvgIpc) is 2.76. The summed E-state index contributed by atoms with van der Waals surface area (Å²) in [5.41, 5.74) is 0. The quantitative estimate of drug-likeness (QED) is 0.621. The summed E-state index contributed by atoms with van der Waals surface area (Å²) >= 11 is 0. The number of carbonyl (C=O) groups is 2. The van der Waals surface area contributed by atoms with Crippen molar-refractivity contribution in [3.8, 4) is 0 Å². The molecule has 2 amide bonds. The first-order chi connectivity index (χ1) is 8.99. The molecule has 0 heterocycles. The fourth-order valence-corrected chi connectivity index (χ4v) is 2.45. The van der Waals surface area contributed by atoms with Gasteiger partial charge in [0.15, 0.2) is 0 Å². The van der Waals surface area contributed by atoms with Gasteiger partial charge in [-0.2, -0.15) is 0 Å². The van der Waals surface area contributed by atoms with Crippen LogP contribution in [-0.2, 0) is 4.79 Å². The Kier molecular flexibility index (Phi) is 6.67. The van der Waals surface area contributed by atoms with Gasteiger partial charge in [0.1, 0.15) is 0 Å². The van der Waals surface area contributed by atoms with Gasteiger partial charge in [0, 0.05) is 12.6 Å². The minimum absolute atomic E-state index is 0.0109. The van der Waals surface area contributed by atoms with E-state index in [4.69, 9.17) is 5.11 Å². The third kappa shape index (κ3) is 6.45. The van der Waals surface area contributed by atoms with Crippen molar-refractivity contribution in [3.05, 3.63) is 0 Å². The Hall–Kier alpha value is -1.26. The molecule has 1 aliphatic carbocycles. The fraction of sp³-hybridized carbons (Fsp3) is 0.857. The van der Waals surface area contributed by atoms with Gasteiger partial charge in [0.2, 0.25) is 0 Å². The molecule has 1 aliphatic rings. The smallest absolute Gasteiger partial charge is 0.315 e. The van der Waals surface area contributed by atoms with Crippen LogP contribution in [0.1, 0.15) is 52.4 Å². The summed E-state index contributed by atoms with van der Waals surface area (Å²) in [5, 5.41) is 14.6. The summed E-state index contributed by atoms with van der Waals surface area (Å²) in [6.45, 7) is 5.08. The maximum Gasteiger partial charge on any atom is 0.315 e. The number of rotatable bonds is 7.